The Morgan fingerprint density at radius 1 is 1.14 bits per heavy atom. The van der Waals surface area contributed by atoms with Crippen LogP contribution in [-0.2, 0) is 13.0 Å². The third-order valence-corrected chi connectivity index (χ3v) is 5.03. The molecule has 4 aromatic rings. The number of benzene rings is 2. The number of para-hydroxylation sites is 1. The lowest BCUT2D eigenvalue weighted by Crippen LogP contribution is -2.06. The molecule has 0 aliphatic carbocycles. The minimum atomic E-state index is 0.131. The number of hydrogen-bond acceptors (Lipinski definition) is 5. The van der Waals surface area contributed by atoms with Crippen LogP contribution in [0.4, 0.5) is 5.82 Å². The molecule has 0 radical (unpaired) electrons. The number of anilines is 1. The fourth-order valence-electron chi connectivity index (χ4n) is 3.60. The summed E-state index contributed by atoms with van der Waals surface area (Å²) in [5.74, 6) is 2.04. The van der Waals surface area contributed by atoms with Gasteiger partial charge in [-0.1, -0.05) is 37.6 Å². The number of nitrogens with zero attached hydrogens (tertiary/aromatic N) is 3. The number of methoxy groups -OCH3 is 1. The second-order valence-electron chi connectivity index (χ2n) is 6.94. The molecule has 0 saturated carbocycles. The summed E-state index contributed by atoms with van der Waals surface area (Å²) in [4.78, 5) is 9.38. The molecular weight excluding hydrogens is 352 g/mol. The molecule has 0 aliphatic heterocycles. The maximum absolute atomic E-state index is 9.91. The Labute approximate surface area is 163 Å². The number of phenolic OH excluding ortho intramolecular Hbond substituents is 1. The zero-order valence-corrected chi connectivity index (χ0v) is 16.1. The first-order valence-corrected chi connectivity index (χ1v) is 9.51. The van der Waals surface area contributed by atoms with E-state index in [2.05, 4.69) is 22.5 Å². The quantitative estimate of drug-likeness (QED) is 0.525. The Bertz CT molecular complexity index is 1150. The van der Waals surface area contributed by atoms with Crippen molar-refractivity contribution < 1.29 is 9.84 Å². The van der Waals surface area contributed by atoms with E-state index in [1.54, 1.807) is 13.2 Å². The molecule has 0 aliphatic rings. The first-order chi connectivity index (χ1) is 13.6. The van der Waals surface area contributed by atoms with Gasteiger partial charge in [0, 0.05) is 18.4 Å². The van der Waals surface area contributed by atoms with E-state index in [4.69, 9.17) is 15.5 Å². The Balaban J connectivity index is 1.93. The van der Waals surface area contributed by atoms with Crippen molar-refractivity contribution in [2.45, 2.75) is 32.7 Å². The normalized spacial score (nSPS) is 11.4. The highest BCUT2D eigenvalue weighted by atomic mass is 16.5. The summed E-state index contributed by atoms with van der Waals surface area (Å²) in [6.07, 6.45) is 3.01. The number of phenols is 1. The van der Waals surface area contributed by atoms with Crippen molar-refractivity contribution in [1.29, 1.82) is 0 Å². The molecule has 144 valence electrons. The van der Waals surface area contributed by atoms with E-state index in [-0.39, 0.29) is 5.75 Å². The smallest absolute Gasteiger partial charge is 0.160 e. The van der Waals surface area contributed by atoms with Crippen molar-refractivity contribution in [3.8, 4) is 11.5 Å². The van der Waals surface area contributed by atoms with E-state index in [9.17, 15) is 5.11 Å². The largest absolute Gasteiger partial charge is 0.504 e. The average molecular weight is 376 g/mol. The van der Waals surface area contributed by atoms with Gasteiger partial charge in [-0.25, -0.2) is 9.97 Å². The summed E-state index contributed by atoms with van der Waals surface area (Å²) in [7, 11) is 1.55. The van der Waals surface area contributed by atoms with Crippen molar-refractivity contribution in [2.24, 2.45) is 0 Å². The number of nitrogens with two attached hydrogens (primary N) is 1. The summed E-state index contributed by atoms with van der Waals surface area (Å²) in [6.45, 7) is 2.78. The van der Waals surface area contributed by atoms with Crippen LogP contribution < -0.4 is 10.5 Å². The minimum Gasteiger partial charge on any atom is -0.504 e. The Hall–Kier alpha value is -3.28. The van der Waals surface area contributed by atoms with E-state index < -0.39 is 0 Å². The van der Waals surface area contributed by atoms with Gasteiger partial charge in [0.15, 0.2) is 17.3 Å². The standard InChI is InChI=1S/C22H24N4O2/c1-3-4-9-19-25-20-21(15-7-5-6-8-16(15)24-22(20)23)26(19)13-14-10-11-17(27)18(12-14)28-2/h5-8,10-12,27H,3-4,9,13H2,1-2H3,(H2,23,24). The summed E-state index contributed by atoms with van der Waals surface area (Å²) in [5.41, 5.74) is 9.88. The second-order valence-corrected chi connectivity index (χ2v) is 6.94. The predicted molar refractivity (Wildman–Crippen MR) is 112 cm³/mol. The van der Waals surface area contributed by atoms with Crippen LogP contribution in [-0.4, -0.2) is 26.8 Å². The van der Waals surface area contributed by atoms with Crippen LogP contribution in [0.25, 0.3) is 21.9 Å². The molecule has 28 heavy (non-hydrogen) atoms. The van der Waals surface area contributed by atoms with Crippen molar-refractivity contribution in [3.63, 3.8) is 0 Å². The fraction of sp³-hybridized carbons (Fsp3) is 0.273. The lowest BCUT2D eigenvalue weighted by atomic mass is 10.1. The zero-order chi connectivity index (χ0) is 19.7. The van der Waals surface area contributed by atoms with Crippen molar-refractivity contribution in [2.75, 3.05) is 12.8 Å². The first kappa shape index (κ1) is 18.1. The van der Waals surface area contributed by atoms with Gasteiger partial charge in [0.2, 0.25) is 0 Å². The lowest BCUT2D eigenvalue weighted by molar-refractivity contribution is 0.373. The van der Waals surface area contributed by atoms with Crippen molar-refractivity contribution in [1.82, 2.24) is 14.5 Å². The first-order valence-electron chi connectivity index (χ1n) is 9.51. The van der Waals surface area contributed by atoms with Gasteiger partial charge in [0.1, 0.15) is 11.3 Å². The third-order valence-electron chi connectivity index (χ3n) is 5.03. The number of pyridine rings is 1. The molecule has 2 aromatic heterocycles. The summed E-state index contributed by atoms with van der Waals surface area (Å²) < 4.78 is 7.49. The second kappa shape index (κ2) is 7.38. The summed E-state index contributed by atoms with van der Waals surface area (Å²) in [5, 5.41) is 10.9. The molecule has 2 heterocycles. The minimum absolute atomic E-state index is 0.131. The van der Waals surface area contributed by atoms with Crippen LogP contribution >= 0.6 is 0 Å². The number of aromatic nitrogens is 3. The molecule has 6 heteroatoms. The molecule has 0 amide bonds. The van der Waals surface area contributed by atoms with E-state index in [1.165, 1.54) is 0 Å². The molecule has 4 rings (SSSR count). The van der Waals surface area contributed by atoms with E-state index >= 15 is 0 Å². The Morgan fingerprint density at radius 2 is 1.96 bits per heavy atom. The van der Waals surface area contributed by atoms with Crippen LogP contribution in [0.1, 0.15) is 31.2 Å². The monoisotopic (exact) mass is 376 g/mol. The number of aromatic hydroxyl groups is 1. The predicted octanol–water partition coefficient (Wildman–Crippen LogP) is 4.27. The van der Waals surface area contributed by atoms with Gasteiger partial charge in [-0.15, -0.1) is 0 Å². The Morgan fingerprint density at radius 3 is 2.75 bits per heavy atom. The van der Waals surface area contributed by atoms with Crippen LogP contribution in [0.5, 0.6) is 11.5 Å². The number of rotatable bonds is 6. The number of nitrogen functional groups attached to an aromatic ring is 1. The van der Waals surface area contributed by atoms with Crippen molar-refractivity contribution in [3.05, 3.63) is 53.9 Å². The maximum atomic E-state index is 9.91. The van der Waals surface area contributed by atoms with Gasteiger partial charge in [-0.3, -0.25) is 0 Å². The van der Waals surface area contributed by atoms with Crippen LogP contribution in [0.2, 0.25) is 0 Å². The molecule has 3 N–H and O–H groups in total. The van der Waals surface area contributed by atoms with Crippen molar-refractivity contribution >= 4 is 27.8 Å². The number of ether oxygens (including phenoxy) is 1. The zero-order valence-electron chi connectivity index (χ0n) is 16.1. The molecule has 0 atom stereocenters. The molecule has 0 bridgehead atoms. The molecule has 2 aromatic carbocycles. The molecule has 0 unspecified atom stereocenters. The molecule has 0 fully saturated rings. The number of hydrogen-bond donors (Lipinski definition) is 2. The molecule has 0 saturated heterocycles. The molecule has 6 nitrogen and oxygen atoms in total. The van der Waals surface area contributed by atoms with Crippen LogP contribution in [0.15, 0.2) is 42.5 Å². The highest BCUT2D eigenvalue weighted by Gasteiger charge is 2.17. The highest BCUT2D eigenvalue weighted by Crippen LogP contribution is 2.31. The molecule has 0 spiro atoms. The van der Waals surface area contributed by atoms with Gasteiger partial charge in [-0.2, -0.15) is 0 Å². The van der Waals surface area contributed by atoms with E-state index in [0.717, 1.165) is 52.6 Å². The van der Waals surface area contributed by atoms with Gasteiger partial charge < -0.3 is 20.1 Å². The average Bonchev–Trinajstić information content (AvgIpc) is 3.07. The van der Waals surface area contributed by atoms with Crippen LogP contribution in [0, 0.1) is 0 Å². The SMILES string of the molecule is CCCCc1nc2c(N)nc3ccccc3c2n1Cc1ccc(O)c(OC)c1. The highest BCUT2D eigenvalue weighted by molar-refractivity contribution is 6.06. The molecular formula is C22H24N4O2. The van der Waals surface area contributed by atoms with E-state index in [1.807, 2.05) is 30.3 Å². The summed E-state index contributed by atoms with van der Waals surface area (Å²) >= 11 is 0. The van der Waals surface area contributed by atoms with E-state index in [0.29, 0.717) is 18.1 Å². The van der Waals surface area contributed by atoms with Gasteiger partial charge >= 0.3 is 0 Å². The number of aryl methyl sites for hydroxylation is 1. The fourth-order valence-corrected chi connectivity index (χ4v) is 3.60. The summed E-state index contributed by atoms with van der Waals surface area (Å²) in [6, 6.07) is 13.4. The number of fused-ring (bicyclic) bond motifs is 3. The van der Waals surface area contributed by atoms with Gasteiger partial charge in [-0.05, 0) is 30.2 Å². The Kier molecular flexibility index (Phi) is 4.77. The van der Waals surface area contributed by atoms with Crippen LogP contribution in [0.3, 0.4) is 0 Å². The topological polar surface area (TPSA) is 86.2 Å². The van der Waals surface area contributed by atoms with Gasteiger partial charge in [0.05, 0.1) is 18.1 Å². The number of unbranched alkanes of at least 4 members (excludes halogenated alkanes) is 1. The van der Waals surface area contributed by atoms with Gasteiger partial charge in [0.25, 0.3) is 0 Å². The number of imidazole rings is 1. The lowest BCUT2D eigenvalue weighted by Gasteiger charge is -2.12. The third kappa shape index (κ3) is 3.11. The maximum Gasteiger partial charge on any atom is 0.160 e.